The number of rotatable bonds is 10. The largest absolute Gasteiger partial charge is 0.493 e. The minimum atomic E-state index is -0.00396. The normalized spacial score (nSPS) is 12.1. The molecule has 31 heavy (non-hydrogen) atoms. The minimum Gasteiger partial charge on any atom is -0.493 e. The van der Waals surface area contributed by atoms with E-state index in [0.717, 1.165) is 36.9 Å². The second-order valence-corrected chi connectivity index (χ2v) is 7.82. The second kappa shape index (κ2) is 10.6. The van der Waals surface area contributed by atoms with Gasteiger partial charge in [0.15, 0.2) is 5.76 Å². The first-order valence-electron chi connectivity index (χ1n) is 10.8. The molecular formula is C27H29N2O2+. The Balaban J connectivity index is 1.37. The molecule has 3 aromatic carbocycles. The first-order chi connectivity index (χ1) is 15.3. The van der Waals surface area contributed by atoms with Crippen molar-refractivity contribution in [3.05, 3.63) is 120 Å². The molecule has 0 saturated carbocycles. The maximum absolute atomic E-state index is 6.24. The maximum atomic E-state index is 6.24. The molecule has 0 fully saturated rings. The molecule has 0 aliphatic rings. The molecule has 1 heterocycles. The summed E-state index contributed by atoms with van der Waals surface area (Å²) in [6, 6.07) is 30.8. The van der Waals surface area contributed by atoms with E-state index in [1.54, 1.807) is 0 Å². The smallest absolute Gasteiger partial charge is 0.206 e. The summed E-state index contributed by atoms with van der Waals surface area (Å²) in [6.45, 7) is 2.52. The van der Waals surface area contributed by atoms with E-state index >= 15 is 0 Å². The zero-order chi connectivity index (χ0) is 21.3. The van der Waals surface area contributed by atoms with Gasteiger partial charge < -0.3 is 14.1 Å². The quantitative estimate of drug-likeness (QED) is 0.393. The zero-order valence-electron chi connectivity index (χ0n) is 17.9. The predicted molar refractivity (Wildman–Crippen MR) is 122 cm³/mol. The van der Waals surface area contributed by atoms with E-state index in [0.29, 0.717) is 6.61 Å². The highest BCUT2D eigenvalue weighted by Gasteiger charge is 2.22. The predicted octanol–water partition coefficient (Wildman–Crippen LogP) is 4.34. The summed E-state index contributed by atoms with van der Waals surface area (Å²) in [7, 11) is 2.18. The number of benzene rings is 3. The van der Waals surface area contributed by atoms with Gasteiger partial charge in [0.2, 0.25) is 5.89 Å². The van der Waals surface area contributed by atoms with Crippen LogP contribution in [0.4, 0.5) is 0 Å². The first kappa shape index (κ1) is 20.9. The van der Waals surface area contributed by atoms with Crippen LogP contribution >= 0.6 is 0 Å². The molecule has 0 aliphatic heterocycles. The molecule has 0 amide bonds. The molecule has 1 unspecified atom stereocenters. The van der Waals surface area contributed by atoms with E-state index in [1.807, 2.05) is 48.7 Å². The van der Waals surface area contributed by atoms with Gasteiger partial charge in [-0.2, -0.15) is 0 Å². The summed E-state index contributed by atoms with van der Waals surface area (Å²) in [5, 5.41) is 0. The number of oxazole rings is 1. The highest BCUT2D eigenvalue weighted by molar-refractivity contribution is 5.37. The molecule has 4 rings (SSSR count). The van der Waals surface area contributed by atoms with Crippen molar-refractivity contribution in [1.82, 2.24) is 4.98 Å². The number of nitrogens with zero attached hydrogens (tertiary/aromatic N) is 1. The summed E-state index contributed by atoms with van der Waals surface area (Å²) >= 11 is 0. The highest BCUT2D eigenvalue weighted by atomic mass is 16.5. The Labute approximate surface area is 184 Å². The average Bonchev–Trinajstić information content (AvgIpc) is 3.27. The number of nitrogens with one attached hydrogen (secondary N) is 1. The molecule has 1 atom stereocenters. The van der Waals surface area contributed by atoms with Crippen molar-refractivity contribution in [3.8, 4) is 5.75 Å². The summed E-state index contributed by atoms with van der Waals surface area (Å²) in [5.41, 5.74) is 2.36. The van der Waals surface area contributed by atoms with Crippen LogP contribution in [0.15, 0.2) is 102 Å². The number of para-hydroxylation sites is 1. The van der Waals surface area contributed by atoms with Crippen LogP contribution in [0.2, 0.25) is 0 Å². The molecule has 1 aromatic heterocycles. The van der Waals surface area contributed by atoms with Gasteiger partial charge in [-0.25, -0.2) is 4.98 Å². The Morgan fingerprint density at radius 2 is 1.42 bits per heavy atom. The summed E-state index contributed by atoms with van der Waals surface area (Å²) in [4.78, 5) is 6.02. The lowest BCUT2D eigenvalue weighted by Gasteiger charge is -2.15. The Morgan fingerprint density at radius 3 is 2.03 bits per heavy atom. The summed E-state index contributed by atoms with van der Waals surface area (Å²) < 4.78 is 12.0. The van der Waals surface area contributed by atoms with Gasteiger partial charge in [0.1, 0.15) is 12.3 Å². The first-order valence-corrected chi connectivity index (χ1v) is 10.8. The van der Waals surface area contributed by atoms with Crippen LogP contribution < -0.4 is 9.64 Å². The van der Waals surface area contributed by atoms with E-state index in [2.05, 4.69) is 60.6 Å². The number of aromatic nitrogens is 1. The Morgan fingerprint density at radius 1 is 0.839 bits per heavy atom. The van der Waals surface area contributed by atoms with Crippen LogP contribution in [0.25, 0.3) is 0 Å². The fraction of sp³-hybridized carbons (Fsp3) is 0.222. The van der Waals surface area contributed by atoms with Crippen molar-refractivity contribution >= 4 is 0 Å². The standard InChI is InChI=1S/C27H28N2O2/c1-29(18-11-19-30-24-16-9-4-10-17-24)21-25-20-28-27(31-25)26(22-12-5-2-6-13-22)23-14-7-3-8-15-23/h2-10,12-17,20,26H,11,18-19,21H2,1H3/p+1. The molecule has 0 spiro atoms. The number of hydrogen-bond donors (Lipinski definition) is 1. The monoisotopic (exact) mass is 413 g/mol. The SMILES string of the molecule is C[NH+](CCCOc1ccccc1)Cc1cnc(C(c2ccccc2)c2ccccc2)o1. The second-order valence-electron chi connectivity index (χ2n) is 7.82. The lowest BCUT2D eigenvalue weighted by atomic mass is 9.91. The highest BCUT2D eigenvalue weighted by Crippen LogP contribution is 2.31. The van der Waals surface area contributed by atoms with Crippen LogP contribution in [0.5, 0.6) is 5.75 Å². The third-order valence-electron chi connectivity index (χ3n) is 5.32. The molecule has 158 valence electrons. The van der Waals surface area contributed by atoms with Crippen molar-refractivity contribution in [2.45, 2.75) is 18.9 Å². The van der Waals surface area contributed by atoms with Crippen LogP contribution in [-0.4, -0.2) is 25.2 Å². The molecule has 4 nitrogen and oxygen atoms in total. The molecule has 0 aliphatic carbocycles. The molecule has 4 aromatic rings. The van der Waals surface area contributed by atoms with Gasteiger partial charge >= 0.3 is 0 Å². The maximum Gasteiger partial charge on any atom is 0.206 e. The van der Waals surface area contributed by atoms with Crippen LogP contribution in [-0.2, 0) is 6.54 Å². The van der Waals surface area contributed by atoms with E-state index in [1.165, 1.54) is 16.0 Å². The van der Waals surface area contributed by atoms with Gasteiger partial charge in [-0.15, -0.1) is 0 Å². The Hall–Kier alpha value is -3.37. The van der Waals surface area contributed by atoms with E-state index in [4.69, 9.17) is 9.15 Å². The third kappa shape index (κ3) is 5.83. The number of ether oxygens (including phenoxy) is 1. The van der Waals surface area contributed by atoms with Gasteiger partial charge in [-0.1, -0.05) is 78.9 Å². The van der Waals surface area contributed by atoms with E-state index in [9.17, 15) is 0 Å². The fourth-order valence-corrected chi connectivity index (χ4v) is 3.77. The molecule has 1 N–H and O–H groups in total. The minimum absolute atomic E-state index is 0.00396. The molecule has 0 bridgehead atoms. The van der Waals surface area contributed by atoms with Crippen LogP contribution in [0.3, 0.4) is 0 Å². The number of hydrogen-bond acceptors (Lipinski definition) is 3. The van der Waals surface area contributed by atoms with Gasteiger partial charge in [0.05, 0.1) is 32.3 Å². The van der Waals surface area contributed by atoms with Gasteiger partial charge in [-0.3, -0.25) is 0 Å². The van der Waals surface area contributed by atoms with Gasteiger partial charge in [-0.05, 0) is 23.3 Å². The van der Waals surface area contributed by atoms with Crippen molar-refractivity contribution in [3.63, 3.8) is 0 Å². The molecule has 4 heteroatoms. The van der Waals surface area contributed by atoms with Crippen molar-refractivity contribution in [2.24, 2.45) is 0 Å². The lowest BCUT2D eigenvalue weighted by Crippen LogP contribution is -3.07. The third-order valence-corrected chi connectivity index (χ3v) is 5.32. The van der Waals surface area contributed by atoms with Crippen LogP contribution in [0.1, 0.15) is 35.1 Å². The van der Waals surface area contributed by atoms with Crippen LogP contribution in [0, 0.1) is 0 Å². The van der Waals surface area contributed by atoms with E-state index < -0.39 is 0 Å². The molecule has 0 saturated heterocycles. The van der Waals surface area contributed by atoms with Gasteiger partial charge in [0.25, 0.3) is 0 Å². The summed E-state index contributed by atoms with van der Waals surface area (Å²) in [6.07, 6.45) is 2.86. The van der Waals surface area contributed by atoms with Crippen molar-refractivity contribution < 1.29 is 14.1 Å². The molecular weight excluding hydrogens is 384 g/mol. The van der Waals surface area contributed by atoms with Crippen molar-refractivity contribution in [1.29, 1.82) is 0 Å². The average molecular weight is 414 g/mol. The Kier molecular flexibility index (Phi) is 7.14. The lowest BCUT2D eigenvalue weighted by molar-refractivity contribution is -0.895. The molecule has 0 radical (unpaired) electrons. The summed E-state index contributed by atoms with van der Waals surface area (Å²) in [5.74, 6) is 2.57. The number of quaternary nitrogens is 1. The van der Waals surface area contributed by atoms with Crippen molar-refractivity contribution in [2.75, 3.05) is 20.2 Å². The van der Waals surface area contributed by atoms with E-state index in [-0.39, 0.29) is 5.92 Å². The van der Waals surface area contributed by atoms with Gasteiger partial charge in [0, 0.05) is 6.42 Å². The topological polar surface area (TPSA) is 39.7 Å². The zero-order valence-corrected chi connectivity index (χ0v) is 17.9. The Bertz CT molecular complexity index is 993. The fourth-order valence-electron chi connectivity index (χ4n) is 3.77.